The van der Waals surface area contributed by atoms with E-state index in [0.29, 0.717) is 17.5 Å². The van der Waals surface area contributed by atoms with Gasteiger partial charge in [0.15, 0.2) is 16.5 Å². The number of aromatic hydroxyl groups is 1. The molecule has 2 atom stereocenters. The summed E-state index contributed by atoms with van der Waals surface area (Å²) < 4.78 is 28.7. The Hall–Kier alpha value is -3.34. The first kappa shape index (κ1) is 21.5. The van der Waals surface area contributed by atoms with E-state index in [1.54, 1.807) is 16.6 Å². The second-order valence-electron chi connectivity index (χ2n) is 8.52. The zero-order valence-corrected chi connectivity index (χ0v) is 18.8. The molecule has 1 fully saturated rings. The number of aromatic nitrogens is 3. The Balaban J connectivity index is 1.55. The molecule has 8 nitrogen and oxygen atoms in total. The molecule has 2 aliphatic heterocycles. The van der Waals surface area contributed by atoms with Gasteiger partial charge in [-0.2, -0.15) is 0 Å². The van der Waals surface area contributed by atoms with Crippen molar-refractivity contribution in [3.8, 4) is 16.3 Å². The van der Waals surface area contributed by atoms with Crippen LogP contribution in [0.1, 0.15) is 40.8 Å². The van der Waals surface area contributed by atoms with Crippen LogP contribution >= 0.6 is 11.3 Å². The van der Waals surface area contributed by atoms with E-state index in [0.717, 1.165) is 36.3 Å². The fourth-order valence-electron chi connectivity index (χ4n) is 4.42. The van der Waals surface area contributed by atoms with Crippen molar-refractivity contribution in [2.45, 2.75) is 32.4 Å². The molecular formula is C22H21F2N5O3S. The van der Waals surface area contributed by atoms with Gasteiger partial charge >= 0.3 is 0 Å². The lowest BCUT2D eigenvalue weighted by atomic mass is 9.96. The molecule has 0 bridgehead atoms. The molecule has 2 aromatic heterocycles. The number of piperidine rings is 1. The van der Waals surface area contributed by atoms with Crippen molar-refractivity contribution in [1.29, 1.82) is 0 Å². The van der Waals surface area contributed by atoms with E-state index in [1.807, 2.05) is 5.01 Å². The van der Waals surface area contributed by atoms with Crippen LogP contribution < -0.4 is 10.4 Å². The molecule has 1 N–H and O–H groups in total. The summed E-state index contributed by atoms with van der Waals surface area (Å²) in [5.41, 5.74) is -0.435. The van der Waals surface area contributed by atoms with Crippen LogP contribution in [0, 0.1) is 17.6 Å². The number of hydrogen-bond acceptors (Lipinski definition) is 7. The van der Waals surface area contributed by atoms with Gasteiger partial charge in [-0.15, -0.1) is 10.2 Å². The van der Waals surface area contributed by atoms with Gasteiger partial charge in [-0.25, -0.2) is 8.78 Å². The van der Waals surface area contributed by atoms with Crippen molar-refractivity contribution in [2.75, 3.05) is 18.6 Å². The van der Waals surface area contributed by atoms with Crippen LogP contribution in [-0.4, -0.2) is 50.5 Å². The van der Waals surface area contributed by atoms with E-state index < -0.39 is 28.7 Å². The molecule has 4 heterocycles. The highest BCUT2D eigenvalue weighted by Gasteiger charge is 2.41. The standard InChI is InChI=1S/C22H21F2N5O3S/c1-11-5-6-28-17(7-11)27(2)22(32)18-20(31)19(30)14(10-29(18)28)21-26-25-16(33-21)8-12-3-4-13(23)9-15(12)24/h3-4,9-11,17,31H,5-8H2,1-2H3/t11-,17-/m0/s1. The predicted molar refractivity (Wildman–Crippen MR) is 118 cm³/mol. The fraction of sp³-hybridized carbons (Fsp3) is 0.364. The second-order valence-corrected chi connectivity index (χ2v) is 9.58. The highest BCUT2D eigenvalue weighted by molar-refractivity contribution is 7.14. The van der Waals surface area contributed by atoms with Gasteiger partial charge < -0.3 is 10.0 Å². The molecule has 1 aromatic carbocycles. The minimum absolute atomic E-state index is 0.0739. The molecule has 1 amide bonds. The lowest BCUT2D eigenvalue weighted by Crippen LogP contribution is -2.62. The van der Waals surface area contributed by atoms with Crippen LogP contribution in [0.15, 0.2) is 29.2 Å². The first-order chi connectivity index (χ1) is 15.7. The number of benzene rings is 1. The number of carbonyl (C=O) groups is 1. The lowest BCUT2D eigenvalue weighted by Gasteiger charge is -2.49. The molecule has 5 rings (SSSR count). The van der Waals surface area contributed by atoms with Crippen molar-refractivity contribution >= 4 is 17.2 Å². The van der Waals surface area contributed by atoms with Gasteiger partial charge in [0.05, 0.1) is 5.56 Å². The predicted octanol–water partition coefficient (Wildman–Crippen LogP) is 2.72. The maximum absolute atomic E-state index is 14.0. The van der Waals surface area contributed by atoms with E-state index in [9.17, 15) is 23.5 Å². The molecular weight excluding hydrogens is 452 g/mol. The fourth-order valence-corrected chi connectivity index (χ4v) is 5.29. The van der Waals surface area contributed by atoms with Crippen LogP contribution in [0.5, 0.6) is 5.75 Å². The van der Waals surface area contributed by atoms with Crippen LogP contribution in [0.3, 0.4) is 0 Å². The second kappa shape index (κ2) is 7.91. The molecule has 1 saturated heterocycles. The topological polar surface area (TPSA) is 91.6 Å². The van der Waals surface area contributed by atoms with Gasteiger partial charge in [0.2, 0.25) is 5.43 Å². The van der Waals surface area contributed by atoms with Crippen molar-refractivity contribution in [3.05, 3.63) is 62.5 Å². The van der Waals surface area contributed by atoms with Gasteiger partial charge in [0, 0.05) is 32.3 Å². The molecule has 0 unspecified atom stereocenters. The number of amides is 1. The van der Waals surface area contributed by atoms with Crippen molar-refractivity contribution in [1.82, 2.24) is 19.8 Å². The van der Waals surface area contributed by atoms with E-state index in [1.165, 1.54) is 12.3 Å². The normalized spacial score (nSPS) is 20.1. The van der Waals surface area contributed by atoms with E-state index in [4.69, 9.17) is 0 Å². The summed E-state index contributed by atoms with van der Waals surface area (Å²) in [6.45, 7) is 2.79. The number of pyridine rings is 1. The van der Waals surface area contributed by atoms with Crippen LogP contribution in [0.2, 0.25) is 0 Å². The monoisotopic (exact) mass is 473 g/mol. The third kappa shape index (κ3) is 3.56. The first-order valence-corrected chi connectivity index (χ1v) is 11.4. The Morgan fingerprint density at radius 2 is 2.03 bits per heavy atom. The molecule has 0 spiro atoms. The summed E-state index contributed by atoms with van der Waals surface area (Å²) in [6.07, 6.45) is 3.10. The van der Waals surface area contributed by atoms with Gasteiger partial charge in [0.25, 0.3) is 5.91 Å². The summed E-state index contributed by atoms with van der Waals surface area (Å²) in [5.74, 6) is -1.98. The average molecular weight is 474 g/mol. The Labute approximate surface area is 191 Å². The summed E-state index contributed by atoms with van der Waals surface area (Å²) in [5, 5.41) is 21.4. The lowest BCUT2D eigenvalue weighted by molar-refractivity contribution is 0.0559. The smallest absolute Gasteiger partial charge is 0.277 e. The van der Waals surface area contributed by atoms with Gasteiger partial charge in [0.1, 0.15) is 22.8 Å². The van der Waals surface area contributed by atoms with E-state index in [-0.39, 0.29) is 34.4 Å². The molecule has 0 radical (unpaired) electrons. The Kier molecular flexibility index (Phi) is 5.15. The van der Waals surface area contributed by atoms with Crippen LogP contribution in [0.4, 0.5) is 8.78 Å². The number of fused-ring (bicyclic) bond motifs is 3. The Morgan fingerprint density at radius 1 is 1.24 bits per heavy atom. The maximum Gasteiger partial charge on any atom is 0.277 e. The van der Waals surface area contributed by atoms with Crippen LogP contribution in [-0.2, 0) is 6.42 Å². The van der Waals surface area contributed by atoms with Crippen molar-refractivity contribution < 1.29 is 18.7 Å². The average Bonchev–Trinajstić information content (AvgIpc) is 3.24. The Morgan fingerprint density at radius 3 is 2.79 bits per heavy atom. The maximum atomic E-state index is 14.0. The summed E-state index contributed by atoms with van der Waals surface area (Å²) >= 11 is 1.08. The highest BCUT2D eigenvalue weighted by atomic mass is 32.1. The zero-order chi connectivity index (χ0) is 23.4. The zero-order valence-electron chi connectivity index (χ0n) is 18.0. The van der Waals surface area contributed by atoms with Gasteiger partial charge in [-0.3, -0.25) is 19.3 Å². The number of hydrogen-bond donors (Lipinski definition) is 1. The molecule has 172 valence electrons. The minimum Gasteiger partial charge on any atom is -0.502 e. The van der Waals surface area contributed by atoms with Gasteiger partial charge in [-0.1, -0.05) is 24.3 Å². The number of carbonyl (C=O) groups excluding carboxylic acids is 1. The quantitative estimate of drug-likeness (QED) is 0.629. The van der Waals surface area contributed by atoms with E-state index in [2.05, 4.69) is 17.1 Å². The third-order valence-corrected chi connectivity index (χ3v) is 7.23. The third-order valence-electron chi connectivity index (χ3n) is 6.27. The van der Waals surface area contributed by atoms with E-state index >= 15 is 0 Å². The Bertz CT molecular complexity index is 1320. The highest BCUT2D eigenvalue weighted by Crippen LogP contribution is 2.33. The summed E-state index contributed by atoms with van der Waals surface area (Å²) in [4.78, 5) is 27.5. The number of nitrogens with zero attached hydrogens (tertiary/aromatic N) is 5. The molecule has 33 heavy (non-hydrogen) atoms. The van der Waals surface area contributed by atoms with Crippen molar-refractivity contribution in [2.24, 2.45) is 5.92 Å². The number of halogens is 2. The molecule has 2 aliphatic rings. The summed E-state index contributed by atoms with van der Waals surface area (Å²) in [6, 6.07) is 3.30. The minimum atomic E-state index is -0.720. The first-order valence-electron chi connectivity index (χ1n) is 10.5. The molecule has 0 saturated carbocycles. The molecule has 11 heteroatoms. The SMILES string of the molecule is C[C@H]1CCN2[C@@H](C1)N(C)C(=O)c1c(O)c(=O)c(-c3nnc(Cc4ccc(F)cc4F)s3)cn12. The van der Waals surface area contributed by atoms with Gasteiger partial charge in [-0.05, 0) is 30.4 Å². The molecule has 0 aliphatic carbocycles. The molecule has 3 aromatic rings. The summed E-state index contributed by atoms with van der Waals surface area (Å²) in [7, 11) is 1.67. The van der Waals surface area contributed by atoms with Crippen molar-refractivity contribution in [3.63, 3.8) is 0 Å². The number of rotatable bonds is 3. The largest absolute Gasteiger partial charge is 0.502 e. The van der Waals surface area contributed by atoms with Crippen LogP contribution in [0.25, 0.3) is 10.6 Å².